The number of amides is 1. The molecule has 0 aliphatic heterocycles. The average molecular weight is 452 g/mol. The summed E-state index contributed by atoms with van der Waals surface area (Å²) in [7, 11) is 0. The number of carbonyl (C=O) groups excluding carboxylic acids is 1. The van der Waals surface area contributed by atoms with Gasteiger partial charge in [0.2, 0.25) is 5.88 Å². The average Bonchev–Trinajstić information content (AvgIpc) is 3.23. The molecule has 3 heterocycles. The second-order valence-corrected chi connectivity index (χ2v) is 7.61. The molecule has 1 N–H and O–H groups in total. The van der Waals surface area contributed by atoms with E-state index in [9.17, 15) is 4.79 Å². The third-order valence-corrected chi connectivity index (χ3v) is 5.13. The van der Waals surface area contributed by atoms with Gasteiger partial charge in [0.25, 0.3) is 5.91 Å². The number of rotatable bonds is 8. The van der Waals surface area contributed by atoms with Crippen LogP contribution in [0.5, 0.6) is 5.88 Å². The van der Waals surface area contributed by atoms with Crippen molar-refractivity contribution < 1.29 is 9.53 Å². The fourth-order valence-corrected chi connectivity index (χ4v) is 3.36. The topological polar surface area (TPSA) is 108 Å². The van der Waals surface area contributed by atoms with Gasteiger partial charge in [0.15, 0.2) is 17.6 Å². The summed E-state index contributed by atoms with van der Waals surface area (Å²) in [6, 6.07) is 7.34. The van der Waals surface area contributed by atoms with Crippen LogP contribution in [0.15, 0.2) is 49.2 Å². The molecular formula is C22H22ClN7O2. The van der Waals surface area contributed by atoms with Gasteiger partial charge >= 0.3 is 0 Å². The summed E-state index contributed by atoms with van der Waals surface area (Å²) in [6.07, 6.45) is 7.58. The number of hydrogen-bond acceptors (Lipinski definition) is 7. The highest BCUT2D eigenvalue weighted by atomic mass is 35.5. The van der Waals surface area contributed by atoms with Gasteiger partial charge in [-0.05, 0) is 31.9 Å². The molecule has 0 aliphatic carbocycles. The first-order valence-corrected chi connectivity index (χ1v) is 10.6. The molecule has 32 heavy (non-hydrogen) atoms. The van der Waals surface area contributed by atoms with E-state index in [1.807, 2.05) is 25.1 Å². The number of benzene rings is 1. The zero-order chi connectivity index (χ0) is 22.5. The number of aryl methyl sites for hydroxylation is 1. The molecule has 3 aromatic heterocycles. The number of aromatic nitrogens is 6. The molecule has 0 radical (unpaired) electrons. The van der Waals surface area contributed by atoms with Gasteiger partial charge in [0, 0.05) is 0 Å². The molecule has 0 bridgehead atoms. The first kappa shape index (κ1) is 21.6. The van der Waals surface area contributed by atoms with Crippen LogP contribution < -0.4 is 10.1 Å². The van der Waals surface area contributed by atoms with E-state index in [1.165, 1.54) is 12.5 Å². The smallest absolute Gasteiger partial charge is 0.266 e. The van der Waals surface area contributed by atoms with Crippen LogP contribution in [-0.4, -0.2) is 41.7 Å². The van der Waals surface area contributed by atoms with E-state index in [-0.39, 0.29) is 11.8 Å². The minimum absolute atomic E-state index is 0.277. The van der Waals surface area contributed by atoms with Crippen molar-refractivity contribution in [2.24, 2.45) is 0 Å². The summed E-state index contributed by atoms with van der Waals surface area (Å²) in [4.78, 5) is 29.9. The number of halogens is 1. The summed E-state index contributed by atoms with van der Waals surface area (Å²) in [6.45, 7) is 3.88. The number of nitrogens with zero attached hydrogens (tertiary/aromatic N) is 6. The van der Waals surface area contributed by atoms with Crippen LogP contribution in [0.4, 0.5) is 5.82 Å². The summed E-state index contributed by atoms with van der Waals surface area (Å²) < 4.78 is 7.69. The van der Waals surface area contributed by atoms with Gasteiger partial charge in [-0.2, -0.15) is 5.10 Å². The van der Waals surface area contributed by atoms with Crippen LogP contribution in [-0.2, 0) is 4.79 Å². The third kappa shape index (κ3) is 4.67. The number of nitrogens with one attached hydrogen (secondary N) is 1. The number of ether oxygens (including phenoxy) is 1. The summed E-state index contributed by atoms with van der Waals surface area (Å²) in [5.74, 6) is 0.325. The Hall–Kier alpha value is -3.59. The second-order valence-electron chi connectivity index (χ2n) is 7.20. The molecule has 10 heteroatoms. The predicted octanol–water partition coefficient (Wildman–Crippen LogP) is 4.14. The molecule has 1 atom stereocenters. The van der Waals surface area contributed by atoms with Gasteiger partial charge in [-0.1, -0.05) is 37.1 Å². The van der Waals surface area contributed by atoms with Gasteiger partial charge < -0.3 is 10.1 Å². The van der Waals surface area contributed by atoms with Crippen molar-refractivity contribution in [3.8, 4) is 11.6 Å². The Kier molecular flexibility index (Phi) is 6.55. The fraction of sp³-hybridized carbons (Fsp3) is 0.273. The van der Waals surface area contributed by atoms with Crippen LogP contribution in [0.1, 0.15) is 31.9 Å². The Morgan fingerprint density at radius 3 is 2.75 bits per heavy atom. The maximum absolute atomic E-state index is 12.9. The molecule has 0 aliphatic rings. The van der Waals surface area contributed by atoms with E-state index in [0.717, 1.165) is 18.5 Å². The van der Waals surface area contributed by atoms with Crippen molar-refractivity contribution in [2.45, 2.75) is 39.2 Å². The lowest BCUT2D eigenvalue weighted by molar-refractivity contribution is -0.123. The first-order chi connectivity index (χ1) is 15.6. The molecule has 1 aromatic carbocycles. The zero-order valence-corrected chi connectivity index (χ0v) is 18.5. The van der Waals surface area contributed by atoms with Crippen molar-refractivity contribution in [3.63, 3.8) is 0 Å². The van der Waals surface area contributed by atoms with Gasteiger partial charge in [0.1, 0.15) is 11.7 Å². The molecule has 9 nitrogen and oxygen atoms in total. The number of anilines is 1. The highest BCUT2D eigenvalue weighted by molar-refractivity contribution is 6.32. The number of para-hydroxylation sites is 1. The minimum atomic E-state index is -0.764. The Morgan fingerprint density at radius 1 is 1.16 bits per heavy atom. The van der Waals surface area contributed by atoms with E-state index >= 15 is 0 Å². The van der Waals surface area contributed by atoms with Crippen molar-refractivity contribution >= 4 is 34.4 Å². The molecule has 4 aromatic rings. The maximum Gasteiger partial charge on any atom is 0.266 e. The zero-order valence-electron chi connectivity index (χ0n) is 17.7. The normalized spacial score (nSPS) is 12.0. The van der Waals surface area contributed by atoms with E-state index in [1.54, 1.807) is 23.1 Å². The van der Waals surface area contributed by atoms with E-state index in [2.05, 4.69) is 37.3 Å². The van der Waals surface area contributed by atoms with Crippen LogP contribution in [0, 0.1) is 6.92 Å². The van der Waals surface area contributed by atoms with E-state index in [0.29, 0.717) is 34.0 Å². The lowest BCUT2D eigenvalue weighted by atomic mass is 10.1. The number of unbranched alkanes of at least 4 members (excludes halogenated alkanes) is 1. The number of carbonyl (C=O) groups is 1. The Bertz CT molecular complexity index is 1230. The van der Waals surface area contributed by atoms with Crippen LogP contribution in [0.2, 0.25) is 5.02 Å². The van der Waals surface area contributed by atoms with Crippen molar-refractivity contribution in [2.75, 3.05) is 5.32 Å². The Morgan fingerprint density at radius 2 is 2.00 bits per heavy atom. The largest absolute Gasteiger partial charge is 0.464 e. The number of hydrogen-bond donors (Lipinski definition) is 1. The highest BCUT2D eigenvalue weighted by Gasteiger charge is 2.23. The van der Waals surface area contributed by atoms with Crippen molar-refractivity contribution in [3.05, 3.63) is 59.9 Å². The molecule has 0 saturated heterocycles. The third-order valence-electron chi connectivity index (χ3n) is 4.81. The second kappa shape index (κ2) is 9.69. The Labute approximate surface area is 189 Å². The number of fused-ring (bicyclic) bond motifs is 1. The molecule has 1 unspecified atom stereocenters. The standard InChI is InChI=1S/C22H22ClN7O2/c1-3-4-9-18(21(31)29-19-12-24-14(2)10-25-19)32-22-15-11-28-30(20(15)26-13-27-22)17-8-6-5-7-16(17)23/h5-8,10-13,18H,3-4,9H2,1-2H3,(H,25,29,31). The van der Waals surface area contributed by atoms with Gasteiger partial charge in [-0.25, -0.2) is 19.6 Å². The predicted molar refractivity (Wildman–Crippen MR) is 121 cm³/mol. The molecule has 1 amide bonds. The summed E-state index contributed by atoms with van der Waals surface area (Å²) in [5.41, 5.74) is 1.98. The molecule has 164 valence electrons. The summed E-state index contributed by atoms with van der Waals surface area (Å²) in [5, 5.41) is 8.29. The van der Waals surface area contributed by atoms with Crippen LogP contribution >= 0.6 is 11.6 Å². The van der Waals surface area contributed by atoms with Crippen molar-refractivity contribution in [1.29, 1.82) is 0 Å². The first-order valence-electron chi connectivity index (χ1n) is 10.3. The lowest BCUT2D eigenvalue weighted by Gasteiger charge is -2.18. The minimum Gasteiger partial charge on any atom is -0.464 e. The quantitative estimate of drug-likeness (QED) is 0.428. The highest BCUT2D eigenvalue weighted by Crippen LogP contribution is 2.27. The fourth-order valence-electron chi connectivity index (χ4n) is 3.15. The Balaban J connectivity index is 1.62. The molecule has 0 saturated carbocycles. The monoisotopic (exact) mass is 451 g/mol. The van der Waals surface area contributed by atoms with E-state index < -0.39 is 6.10 Å². The molecular weight excluding hydrogens is 430 g/mol. The van der Waals surface area contributed by atoms with Gasteiger partial charge in [0.05, 0.1) is 35.0 Å². The lowest BCUT2D eigenvalue weighted by Crippen LogP contribution is -2.33. The molecule has 0 spiro atoms. The summed E-state index contributed by atoms with van der Waals surface area (Å²) >= 11 is 6.33. The van der Waals surface area contributed by atoms with Gasteiger partial charge in [-0.15, -0.1) is 0 Å². The van der Waals surface area contributed by atoms with Gasteiger partial charge in [-0.3, -0.25) is 9.78 Å². The van der Waals surface area contributed by atoms with Crippen LogP contribution in [0.3, 0.4) is 0 Å². The van der Waals surface area contributed by atoms with E-state index in [4.69, 9.17) is 16.3 Å². The SMILES string of the molecule is CCCCC(Oc1ncnc2c1cnn2-c1ccccc1Cl)C(=O)Nc1cnc(C)cn1. The molecule has 0 fully saturated rings. The molecule has 4 rings (SSSR count). The van der Waals surface area contributed by atoms with Crippen LogP contribution in [0.25, 0.3) is 16.7 Å². The van der Waals surface area contributed by atoms with Crippen molar-refractivity contribution in [1.82, 2.24) is 29.7 Å². The maximum atomic E-state index is 12.9.